The summed E-state index contributed by atoms with van der Waals surface area (Å²) in [6.07, 6.45) is 1.96. The van der Waals surface area contributed by atoms with Crippen LogP contribution in [0.1, 0.15) is 37.9 Å². The molecule has 3 aliphatic rings. The van der Waals surface area contributed by atoms with Crippen molar-refractivity contribution in [1.82, 2.24) is 19.6 Å². The Kier molecular flexibility index (Phi) is 6.58. The molecule has 184 valence electrons. The lowest BCUT2D eigenvalue weighted by atomic mass is 9.86. The summed E-state index contributed by atoms with van der Waals surface area (Å²) in [6, 6.07) is -3.34. The van der Waals surface area contributed by atoms with Crippen LogP contribution in [0.15, 0.2) is 12.4 Å². The summed E-state index contributed by atoms with van der Waals surface area (Å²) in [7, 11) is -2.61. The molecule has 3 fully saturated rings. The first-order chi connectivity index (χ1) is 15.5. The third-order valence-corrected chi connectivity index (χ3v) is 7.71. The highest BCUT2D eigenvalue weighted by atomic mass is 32.2. The maximum absolute atomic E-state index is 13.6. The van der Waals surface area contributed by atoms with Crippen LogP contribution < -0.4 is 4.72 Å². The summed E-state index contributed by atoms with van der Waals surface area (Å²) in [5.74, 6) is 0.397. The number of fused-ring (bicyclic) bond motifs is 1. The van der Waals surface area contributed by atoms with E-state index in [1.54, 1.807) is 0 Å². The van der Waals surface area contributed by atoms with E-state index in [1.165, 1.54) is 0 Å². The Bertz CT molecular complexity index is 982. The second kappa shape index (κ2) is 8.99. The predicted octanol–water partition coefficient (Wildman–Crippen LogP) is 1.83. The fourth-order valence-electron chi connectivity index (χ4n) is 5.36. The molecule has 13 heteroatoms. The van der Waals surface area contributed by atoms with Crippen LogP contribution in [0.25, 0.3) is 0 Å². The molecule has 1 N–H and O–H groups in total. The lowest BCUT2D eigenvalue weighted by Crippen LogP contribution is -2.51. The van der Waals surface area contributed by atoms with E-state index in [-0.39, 0.29) is 30.5 Å². The smallest absolute Gasteiger partial charge is 0.410 e. The van der Waals surface area contributed by atoms with Gasteiger partial charge in [0.25, 0.3) is 6.43 Å². The van der Waals surface area contributed by atoms with Gasteiger partial charge >= 0.3 is 6.09 Å². The quantitative estimate of drug-likeness (QED) is 0.618. The standard InChI is InChI=1S/C20H27F3N4O5S/c1-31-19(28)27-15(17(22)23)6-14(26-33(2,29)30)16(27)10-32-13-3-4-20(7-11(20)5-13)18-24-8-12(21)9-25-18/h8-9,11,13-17,26H,3-7,10H2,1-2H3/t11-,13+,14+,15+,16+,20-/m1/s1. The largest absolute Gasteiger partial charge is 0.453 e. The third kappa shape index (κ3) is 4.94. The normalized spacial score (nSPS) is 33.8. The third-order valence-electron chi connectivity index (χ3n) is 6.98. The number of hydrogen-bond donors (Lipinski definition) is 1. The molecule has 33 heavy (non-hydrogen) atoms. The minimum absolute atomic E-state index is 0.108. The number of methoxy groups -OCH3 is 1. The van der Waals surface area contributed by atoms with Crippen molar-refractivity contribution in [3.8, 4) is 0 Å². The van der Waals surface area contributed by atoms with Gasteiger partial charge in [0, 0.05) is 11.5 Å². The molecule has 1 aliphatic heterocycles. The molecule has 1 aromatic heterocycles. The van der Waals surface area contributed by atoms with Crippen molar-refractivity contribution < 1.29 is 35.9 Å². The topological polar surface area (TPSA) is 111 Å². The second-order valence-electron chi connectivity index (χ2n) is 9.09. The Morgan fingerprint density at radius 3 is 2.61 bits per heavy atom. The summed E-state index contributed by atoms with van der Waals surface area (Å²) >= 11 is 0. The number of amides is 1. The lowest BCUT2D eigenvalue weighted by molar-refractivity contribution is -0.0239. The summed E-state index contributed by atoms with van der Waals surface area (Å²) < 4.78 is 77.1. The Morgan fingerprint density at radius 1 is 1.33 bits per heavy atom. The van der Waals surface area contributed by atoms with Crippen LogP contribution in [-0.4, -0.2) is 80.0 Å². The van der Waals surface area contributed by atoms with Gasteiger partial charge in [0.2, 0.25) is 10.0 Å². The maximum atomic E-state index is 13.6. The van der Waals surface area contributed by atoms with Gasteiger partial charge in [-0.1, -0.05) is 0 Å². The van der Waals surface area contributed by atoms with Gasteiger partial charge in [-0.15, -0.1) is 0 Å². The Hall–Kier alpha value is -1.99. The van der Waals surface area contributed by atoms with Gasteiger partial charge in [-0.2, -0.15) is 0 Å². The van der Waals surface area contributed by atoms with Gasteiger partial charge < -0.3 is 9.47 Å². The number of alkyl halides is 2. The molecule has 1 saturated heterocycles. The zero-order chi connectivity index (χ0) is 24.0. The van der Waals surface area contributed by atoms with Crippen LogP contribution in [0.5, 0.6) is 0 Å². The average Bonchev–Trinajstić information content (AvgIpc) is 3.38. The Morgan fingerprint density at radius 2 is 2.03 bits per heavy atom. The van der Waals surface area contributed by atoms with Gasteiger partial charge in [-0.25, -0.2) is 41.1 Å². The number of sulfonamides is 1. The molecule has 0 unspecified atom stereocenters. The molecule has 9 nitrogen and oxygen atoms in total. The molecule has 0 bridgehead atoms. The molecule has 1 aromatic rings. The monoisotopic (exact) mass is 492 g/mol. The van der Waals surface area contributed by atoms with Crippen LogP contribution >= 0.6 is 0 Å². The number of rotatable bonds is 7. The van der Waals surface area contributed by atoms with Crippen molar-refractivity contribution >= 4 is 16.1 Å². The van der Waals surface area contributed by atoms with E-state index >= 15 is 0 Å². The van der Waals surface area contributed by atoms with E-state index in [0.717, 1.165) is 43.5 Å². The van der Waals surface area contributed by atoms with Gasteiger partial charge in [0.1, 0.15) is 5.82 Å². The number of aromatic nitrogens is 2. The van der Waals surface area contributed by atoms with E-state index in [1.807, 2.05) is 0 Å². The zero-order valence-corrected chi connectivity index (χ0v) is 19.1. The van der Waals surface area contributed by atoms with Gasteiger partial charge in [-0.05, 0) is 38.0 Å². The van der Waals surface area contributed by atoms with Gasteiger partial charge in [-0.3, -0.25) is 4.90 Å². The number of hydrogen-bond acceptors (Lipinski definition) is 7. The second-order valence-corrected chi connectivity index (χ2v) is 10.9. The van der Waals surface area contributed by atoms with Crippen molar-refractivity contribution in [2.24, 2.45) is 5.92 Å². The first-order valence-corrected chi connectivity index (χ1v) is 12.6. The van der Waals surface area contributed by atoms with E-state index < -0.39 is 46.5 Å². The minimum Gasteiger partial charge on any atom is -0.453 e. The predicted molar refractivity (Wildman–Crippen MR) is 110 cm³/mol. The van der Waals surface area contributed by atoms with E-state index in [4.69, 9.17) is 4.74 Å². The number of ether oxygens (including phenoxy) is 2. The van der Waals surface area contributed by atoms with Crippen molar-refractivity contribution in [3.63, 3.8) is 0 Å². The number of nitrogens with one attached hydrogen (secondary N) is 1. The van der Waals surface area contributed by atoms with E-state index in [9.17, 15) is 26.4 Å². The van der Waals surface area contributed by atoms with Crippen LogP contribution in [0.4, 0.5) is 18.0 Å². The van der Waals surface area contributed by atoms with Gasteiger partial charge in [0.15, 0.2) is 5.82 Å². The first-order valence-electron chi connectivity index (χ1n) is 10.8. The number of carbonyl (C=O) groups excluding carboxylic acids is 1. The zero-order valence-electron chi connectivity index (χ0n) is 18.3. The molecule has 4 rings (SSSR count). The number of carbonyl (C=O) groups is 1. The first kappa shape index (κ1) is 24.1. The number of nitrogens with zero attached hydrogens (tertiary/aromatic N) is 3. The molecular formula is C20H27F3N4O5S. The van der Waals surface area contributed by atoms with E-state index in [0.29, 0.717) is 18.7 Å². The highest BCUT2D eigenvalue weighted by molar-refractivity contribution is 7.88. The molecule has 2 aliphatic carbocycles. The molecule has 2 saturated carbocycles. The average molecular weight is 493 g/mol. The summed E-state index contributed by atoms with van der Waals surface area (Å²) in [6.45, 7) is -0.108. The maximum Gasteiger partial charge on any atom is 0.410 e. The number of likely N-dealkylation sites (tertiary alicyclic amines) is 1. The minimum atomic E-state index is -3.70. The van der Waals surface area contributed by atoms with Crippen molar-refractivity contribution in [2.45, 2.75) is 68.2 Å². The fraction of sp³-hybridized carbons (Fsp3) is 0.750. The van der Waals surface area contributed by atoms with Crippen LogP contribution in [0, 0.1) is 11.7 Å². The van der Waals surface area contributed by atoms with Gasteiger partial charge in [0.05, 0.1) is 50.6 Å². The number of halogens is 3. The highest BCUT2D eigenvalue weighted by Crippen LogP contribution is 2.61. The summed E-state index contributed by atoms with van der Waals surface area (Å²) in [5.41, 5.74) is -0.180. The van der Waals surface area contributed by atoms with Crippen molar-refractivity contribution in [2.75, 3.05) is 20.0 Å². The van der Waals surface area contributed by atoms with Crippen LogP contribution in [0.2, 0.25) is 0 Å². The molecule has 2 heterocycles. The molecule has 0 radical (unpaired) electrons. The highest BCUT2D eigenvalue weighted by Gasteiger charge is 2.60. The van der Waals surface area contributed by atoms with Crippen molar-refractivity contribution in [3.05, 3.63) is 24.0 Å². The SMILES string of the molecule is COC(=O)N1[C@H](C(F)F)C[C@H](NS(C)(=O)=O)[C@@H]1CO[C@H]1CC[C@@]2(c3ncc(F)cn3)C[C@H]2C1. The Balaban J connectivity index is 1.43. The molecule has 0 aromatic carbocycles. The van der Waals surface area contributed by atoms with E-state index in [2.05, 4.69) is 19.4 Å². The summed E-state index contributed by atoms with van der Waals surface area (Å²) in [4.78, 5) is 21.4. The van der Waals surface area contributed by atoms with Crippen molar-refractivity contribution in [1.29, 1.82) is 0 Å². The molecule has 1 amide bonds. The molecule has 6 atom stereocenters. The molecule has 0 spiro atoms. The Labute approximate surface area is 190 Å². The lowest BCUT2D eigenvalue weighted by Gasteiger charge is -2.33. The fourth-order valence-corrected chi connectivity index (χ4v) is 6.16. The molecular weight excluding hydrogens is 465 g/mol. The van der Waals surface area contributed by atoms with Crippen LogP contribution in [-0.2, 0) is 24.9 Å². The summed E-state index contributed by atoms with van der Waals surface area (Å²) in [5, 5.41) is 0. The van der Waals surface area contributed by atoms with Crippen LogP contribution in [0.3, 0.4) is 0 Å².